The van der Waals surface area contributed by atoms with Gasteiger partial charge in [-0.2, -0.15) is 0 Å². The SMILES string of the molecule is CC(=O)C(CO)NC(=O)Oc1cccc(CCO[N+](=O)[O-])c1. The molecule has 120 valence electrons. The summed E-state index contributed by atoms with van der Waals surface area (Å²) in [6, 6.07) is 5.31. The Hall–Kier alpha value is -2.68. The first-order chi connectivity index (χ1) is 10.4. The number of Topliss-reactive ketones (excluding diaryl/α,β-unsaturated/α-hetero) is 1. The summed E-state index contributed by atoms with van der Waals surface area (Å²) < 4.78 is 4.98. The first-order valence-corrected chi connectivity index (χ1v) is 6.38. The van der Waals surface area contributed by atoms with Crippen molar-refractivity contribution in [3.63, 3.8) is 0 Å². The van der Waals surface area contributed by atoms with Gasteiger partial charge in [-0.1, -0.05) is 12.1 Å². The molecule has 0 spiro atoms. The number of nitrogens with zero attached hydrogens (tertiary/aromatic N) is 1. The lowest BCUT2D eigenvalue weighted by Crippen LogP contribution is -2.43. The molecule has 1 aromatic carbocycles. The fourth-order valence-electron chi connectivity index (χ4n) is 1.56. The van der Waals surface area contributed by atoms with Crippen LogP contribution in [0.25, 0.3) is 0 Å². The molecule has 1 aromatic rings. The summed E-state index contributed by atoms with van der Waals surface area (Å²) in [6.07, 6.45) is -0.611. The number of hydrogen-bond acceptors (Lipinski definition) is 7. The fraction of sp³-hybridized carbons (Fsp3) is 0.385. The Kier molecular flexibility index (Phi) is 6.77. The number of rotatable bonds is 8. The van der Waals surface area contributed by atoms with Gasteiger partial charge in [0.2, 0.25) is 0 Å². The van der Waals surface area contributed by atoms with Crippen LogP contribution in [0, 0.1) is 10.1 Å². The third kappa shape index (κ3) is 6.18. The van der Waals surface area contributed by atoms with Crippen molar-refractivity contribution in [2.24, 2.45) is 0 Å². The topological polar surface area (TPSA) is 128 Å². The Morgan fingerprint density at radius 1 is 1.45 bits per heavy atom. The van der Waals surface area contributed by atoms with Crippen LogP contribution in [0.15, 0.2) is 24.3 Å². The molecule has 0 aliphatic carbocycles. The van der Waals surface area contributed by atoms with Crippen LogP contribution in [0.5, 0.6) is 5.75 Å². The molecule has 0 bridgehead atoms. The minimum Gasteiger partial charge on any atom is -0.410 e. The third-order valence-electron chi connectivity index (χ3n) is 2.66. The highest BCUT2D eigenvalue weighted by Gasteiger charge is 2.17. The molecule has 1 amide bonds. The van der Waals surface area contributed by atoms with Crippen molar-refractivity contribution in [3.05, 3.63) is 39.9 Å². The molecular weight excluding hydrogens is 296 g/mol. The Morgan fingerprint density at radius 2 is 2.18 bits per heavy atom. The van der Waals surface area contributed by atoms with E-state index in [4.69, 9.17) is 9.84 Å². The number of carbonyl (C=O) groups excluding carboxylic acids is 2. The predicted octanol–water partition coefficient (Wildman–Crippen LogP) is 0.476. The molecule has 1 atom stereocenters. The summed E-state index contributed by atoms with van der Waals surface area (Å²) in [5.74, 6) is -0.193. The maximum Gasteiger partial charge on any atom is 0.413 e. The van der Waals surface area contributed by atoms with Crippen LogP contribution in [-0.2, 0) is 16.1 Å². The number of ether oxygens (including phenoxy) is 1. The maximum absolute atomic E-state index is 11.6. The lowest BCUT2D eigenvalue weighted by Gasteiger charge is -2.13. The first kappa shape index (κ1) is 17.4. The largest absolute Gasteiger partial charge is 0.413 e. The summed E-state index contributed by atoms with van der Waals surface area (Å²) in [5.41, 5.74) is 0.678. The van der Waals surface area contributed by atoms with Crippen molar-refractivity contribution in [2.75, 3.05) is 13.2 Å². The zero-order valence-corrected chi connectivity index (χ0v) is 11.9. The van der Waals surface area contributed by atoms with Crippen molar-refractivity contribution in [3.8, 4) is 5.75 Å². The van der Waals surface area contributed by atoms with Crippen LogP contribution < -0.4 is 10.1 Å². The van der Waals surface area contributed by atoms with E-state index in [9.17, 15) is 19.7 Å². The second kappa shape index (κ2) is 8.57. The fourth-order valence-corrected chi connectivity index (χ4v) is 1.56. The molecular formula is C13H16N2O7. The van der Waals surface area contributed by atoms with E-state index in [-0.39, 0.29) is 18.8 Å². The van der Waals surface area contributed by atoms with Gasteiger partial charge in [-0.3, -0.25) is 4.79 Å². The molecule has 1 unspecified atom stereocenters. The summed E-state index contributed by atoms with van der Waals surface area (Å²) in [5, 5.41) is 20.3. The van der Waals surface area contributed by atoms with Gasteiger partial charge in [-0.25, -0.2) is 4.79 Å². The highest BCUT2D eigenvalue weighted by molar-refractivity contribution is 5.85. The van der Waals surface area contributed by atoms with E-state index in [0.29, 0.717) is 5.56 Å². The van der Waals surface area contributed by atoms with E-state index in [1.165, 1.54) is 19.1 Å². The number of amides is 1. The molecule has 2 N–H and O–H groups in total. The minimum absolute atomic E-state index is 0.112. The molecule has 9 nitrogen and oxygen atoms in total. The summed E-state index contributed by atoms with van der Waals surface area (Å²) in [7, 11) is 0. The molecule has 0 aliphatic rings. The van der Waals surface area contributed by atoms with Crippen LogP contribution in [0.4, 0.5) is 4.79 Å². The monoisotopic (exact) mass is 312 g/mol. The number of carbonyl (C=O) groups is 2. The Bertz CT molecular complexity index is 547. The zero-order chi connectivity index (χ0) is 16.5. The van der Waals surface area contributed by atoms with Crippen LogP contribution in [0.1, 0.15) is 12.5 Å². The molecule has 0 radical (unpaired) electrons. The van der Waals surface area contributed by atoms with Gasteiger partial charge in [0, 0.05) is 0 Å². The smallest absolute Gasteiger partial charge is 0.410 e. The van der Waals surface area contributed by atoms with Gasteiger partial charge in [0.15, 0.2) is 5.78 Å². The lowest BCUT2D eigenvalue weighted by molar-refractivity contribution is -0.757. The number of ketones is 1. The second-order valence-corrected chi connectivity index (χ2v) is 4.33. The van der Waals surface area contributed by atoms with Crippen LogP contribution in [-0.4, -0.2) is 41.3 Å². The number of benzene rings is 1. The van der Waals surface area contributed by atoms with Crippen LogP contribution in [0.2, 0.25) is 0 Å². The van der Waals surface area contributed by atoms with E-state index < -0.39 is 29.6 Å². The molecule has 9 heteroatoms. The van der Waals surface area contributed by atoms with E-state index in [1.807, 2.05) is 0 Å². The summed E-state index contributed by atoms with van der Waals surface area (Å²) in [6.45, 7) is 0.597. The highest BCUT2D eigenvalue weighted by Crippen LogP contribution is 2.14. The van der Waals surface area contributed by atoms with Crippen LogP contribution in [0.3, 0.4) is 0 Å². The van der Waals surface area contributed by atoms with Crippen molar-refractivity contribution in [1.82, 2.24) is 5.32 Å². The second-order valence-electron chi connectivity index (χ2n) is 4.33. The molecule has 22 heavy (non-hydrogen) atoms. The van der Waals surface area contributed by atoms with Gasteiger partial charge in [0.25, 0.3) is 5.09 Å². The highest BCUT2D eigenvalue weighted by atomic mass is 16.9. The average Bonchev–Trinajstić information content (AvgIpc) is 2.44. The summed E-state index contributed by atoms with van der Waals surface area (Å²) in [4.78, 5) is 36.9. The molecule has 0 fully saturated rings. The van der Waals surface area contributed by atoms with E-state index in [0.717, 1.165) is 0 Å². The van der Waals surface area contributed by atoms with Gasteiger partial charge < -0.3 is 20.0 Å². The molecule has 0 heterocycles. The Morgan fingerprint density at radius 3 is 2.77 bits per heavy atom. The normalized spacial score (nSPS) is 11.4. The van der Waals surface area contributed by atoms with E-state index >= 15 is 0 Å². The number of aliphatic hydroxyl groups is 1. The predicted molar refractivity (Wildman–Crippen MR) is 73.8 cm³/mol. The number of nitrogens with one attached hydrogen (secondary N) is 1. The molecule has 0 saturated heterocycles. The van der Waals surface area contributed by atoms with Gasteiger partial charge in [-0.05, 0) is 31.0 Å². The third-order valence-corrected chi connectivity index (χ3v) is 2.66. The Balaban J connectivity index is 2.56. The maximum atomic E-state index is 11.6. The van der Waals surface area contributed by atoms with E-state index in [1.54, 1.807) is 12.1 Å². The lowest BCUT2D eigenvalue weighted by atomic mass is 10.1. The minimum atomic E-state index is -1.02. The molecule has 0 aliphatic heterocycles. The van der Waals surface area contributed by atoms with Gasteiger partial charge in [-0.15, -0.1) is 10.1 Å². The van der Waals surface area contributed by atoms with Crippen LogP contribution >= 0.6 is 0 Å². The Labute approximate surface area is 125 Å². The van der Waals surface area contributed by atoms with Gasteiger partial charge in [0.1, 0.15) is 18.4 Å². The van der Waals surface area contributed by atoms with Gasteiger partial charge in [0.05, 0.1) is 6.61 Å². The van der Waals surface area contributed by atoms with Crippen molar-refractivity contribution >= 4 is 11.9 Å². The number of aliphatic hydroxyl groups excluding tert-OH is 1. The standard InChI is InChI=1S/C13H16N2O7/c1-9(17)12(8-16)14-13(18)22-11-4-2-3-10(7-11)5-6-21-15(19)20/h2-4,7,12,16H,5-6,8H2,1H3,(H,14,18). The molecule has 1 rings (SSSR count). The first-order valence-electron chi connectivity index (χ1n) is 6.38. The van der Waals surface area contributed by atoms with Crippen molar-refractivity contribution in [2.45, 2.75) is 19.4 Å². The summed E-state index contributed by atoms with van der Waals surface area (Å²) >= 11 is 0. The van der Waals surface area contributed by atoms with Crippen molar-refractivity contribution in [1.29, 1.82) is 0 Å². The number of hydrogen-bond donors (Lipinski definition) is 2. The molecule has 0 aromatic heterocycles. The zero-order valence-electron chi connectivity index (χ0n) is 11.9. The van der Waals surface area contributed by atoms with Crippen molar-refractivity contribution < 1.29 is 29.4 Å². The van der Waals surface area contributed by atoms with E-state index in [2.05, 4.69) is 10.2 Å². The van der Waals surface area contributed by atoms with Gasteiger partial charge >= 0.3 is 6.09 Å². The quantitative estimate of drug-likeness (QED) is 0.527. The molecule has 0 saturated carbocycles. The average molecular weight is 312 g/mol.